The maximum absolute atomic E-state index is 4.59. The van der Waals surface area contributed by atoms with Crippen LogP contribution < -0.4 is 0 Å². The van der Waals surface area contributed by atoms with E-state index >= 15 is 0 Å². The first kappa shape index (κ1) is 15.8. The van der Waals surface area contributed by atoms with Crippen LogP contribution in [0, 0.1) is 0 Å². The second kappa shape index (κ2) is 6.32. The van der Waals surface area contributed by atoms with Crippen molar-refractivity contribution in [2.24, 2.45) is 0 Å². The molecular weight excluding hydrogens is 306 g/mol. The predicted octanol–water partition coefficient (Wildman–Crippen LogP) is 5.58. The van der Waals surface area contributed by atoms with E-state index in [9.17, 15) is 0 Å². The number of pyridine rings is 2. The molecule has 0 aliphatic heterocycles. The van der Waals surface area contributed by atoms with Crippen molar-refractivity contribution in [3.63, 3.8) is 0 Å². The molecule has 4 rings (SSSR count). The lowest BCUT2D eigenvalue weighted by molar-refractivity contribution is 0.769. The molecule has 0 spiro atoms. The van der Waals surface area contributed by atoms with Gasteiger partial charge in [-0.2, -0.15) is 0 Å². The quantitative estimate of drug-likeness (QED) is 0.531. The molecule has 0 radical (unpaired) electrons. The van der Waals surface area contributed by atoms with Crippen molar-refractivity contribution < 1.29 is 0 Å². The van der Waals surface area contributed by atoms with Crippen molar-refractivity contribution >= 4 is 21.8 Å². The fraction of sp³-hybridized carbons (Fsp3) is 0.273. The zero-order chi connectivity index (χ0) is 17.4. The number of fused-ring (bicyclic) bond motifs is 2. The Balaban J connectivity index is 1.72. The summed E-state index contributed by atoms with van der Waals surface area (Å²) >= 11 is 0. The van der Waals surface area contributed by atoms with Crippen LogP contribution in [-0.2, 0) is 6.42 Å². The van der Waals surface area contributed by atoms with Crippen LogP contribution in [0.4, 0.5) is 0 Å². The van der Waals surface area contributed by atoms with E-state index in [1.165, 1.54) is 32.8 Å². The van der Waals surface area contributed by atoms with Gasteiger partial charge in [0.25, 0.3) is 0 Å². The number of rotatable bonds is 4. The van der Waals surface area contributed by atoms with Gasteiger partial charge in [0.15, 0.2) is 0 Å². The van der Waals surface area contributed by atoms with Crippen LogP contribution in [0.2, 0.25) is 0 Å². The van der Waals surface area contributed by atoms with E-state index in [0.29, 0.717) is 11.8 Å². The molecule has 0 amide bonds. The molecule has 4 aromatic rings. The van der Waals surface area contributed by atoms with Crippen LogP contribution in [0.25, 0.3) is 21.8 Å². The average Bonchev–Trinajstić information content (AvgIpc) is 3.03. The Morgan fingerprint density at radius 2 is 1.92 bits per heavy atom. The van der Waals surface area contributed by atoms with Crippen molar-refractivity contribution in [2.75, 3.05) is 0 Å². The van der Waals surface area contributed by atoms with Crippen LogP contribution in [-0.4, -0.2) is 15.0 Å². The van der Waals surface area contributed by atoms with Crippen molar-refractivity contribution in [2.45, 2.75) is 39.0 Å². The molecule has 3 nitrogen and oxygen atoms in total. The molecule has 0 aliphatic carbocycles. The van der Waals surface area contributed by atoms with Crippen molar-refractivity contribution in [3.8, 4) is 0 Å². The minimum absolute atomic E-state index is 0.424. The van der Waals surface area contributed by atoms with Crippen molar-refractivity contribution in [1.29, 1.82) is 0 Å². The third-order valence-electron chi connectivity index (χ3n) is 5.08. The zero-order valence-electron chi connectivity index (χ0n) is 15.0. The molecule has 0 aliphatic rings. The lowest BCUT2D eigenvalue weighted by Crippen LogP contribution is -1.99. The predicted molar refractivity (Wildman–Crippen MR) is 104 cm³/mol. The lowest BCUT2D eigenvalue weighted by atomic mass is 9.90. The summed E-state index contributed by atoms with van der Waals surface area (Å²) < 4.78 is 0. The maximum atomic E-state index is 4.59. The summed E-state index contributed by atoms with van der Waals surface area (Å²) in [6.45, 7) is 6.72. The van der Waals surface area contributed by atoms with E-state index in [0.717, 1.165) is 12.1 Å². The molecular formula is C22H23N3. The fourth-order valence-corrected chi connectivity index (χ4v) is 3.58. The number of benzene rings is 1. The van der Waals surface area contributed by atoms with E-state index in [4.69, 9.17) is 0 Å². The number of hydrogen-bond donors (Lipinski definition) is 1. The van der Waals surface area contributed by atoms with Gasteiger partial charge in [-0.1, -0.05) is 39.0 Å². The van der Waals surface area contributed by atoms with Gasteiger partial charge in [0.2, 0.25) is 0 Å². The summed E-state index contributed by atoms with van der Waals surface area (Å²) in [5.41, 5.74) is 4.98. The number of aromatic nitrogens is 3. The average molecular weight is 329 g/mol. The van der Waals surface area contributed by atoms with Crippen molar-refractivity contribution in [1.82, 2.24) is 15.0 Å². The number of nitrogens with zero attached hydrogens (tertiary/aromatic N) is 2. The van der Waals surface area contributed by atoms with E-state index in [-0.39, 0.29) is 0 Å². The molecule has 1 aromatic carbocycles. The topological polar surface area (TPSA) is 41.6 Å². The van der Waals surface area contributed by atoms with E-state index < -0.39 is 0 Å². The summed E-state index contributed by atoms with van der Waals surface area (Å²) in [5, 5.41) is 3.75. The van der Waals surface area contributed by atoms with E-state index in [1.807, 2.05) is 18.6 Å². The third kappa shape index (κ3) is 2.91. The molecule has 126 valence electrons. The Hall–Kier alpha value is -2.68. The van der Waals surface area contributed by atoms with Gasteiger partial charge < -0.3 is 4.98 Å². The standard InChI is InChI=1S/C22H23N3/c1-14(2)17-10-21-18(13-25-22(21)24-12-17)9-15(3)19-6-4-5-16-11-23-8-7-20(16)19/h4-8,10-15H,9H2,1-3H3,(H,24,25)/t15-/m1/s1. The number of aromatic amines is 1. The summed E-state index contributed by atoms with van der Waals surface area (Å²) in [5.74, 6) is 0.912. The Morgan fingerprint density at radius 3 is 2.76 bits per heavy atom. The fourth-order valence-electron chi connectivity index (χ4n) is 3.58. The van der Waals surface area contributed by atoms with Gasteiger partial charge in [-0.25, -0.2) is 4.98 Å². The monoisotopic (exact) mass is 329 g/mol. The van der Waals surface area contributed by atoms with Crippen LogP contribution in [0.15, 0.2) is 55.1 Å². The van der Waals surface area contributed by atoms with Gasteiger partial charge >= 0.3 is 0 Å². The van der Waals surface area contributed by atoms with Crippen molar-refractivity contribution in [3.05, 3.63) is 71.8 Å². The number of nitrogens with one attached hydrogen (secondary N) is 1. The second-order valence-electron chi connectivity index (χ2n) is 7.18. The van der Waals surface area contributed by atoms with Gasteiger partial charge in [-0.15, -0.1) is 0 Å². The van der Waals surface area contributed by atoms with Crippen LogP contribution in [0.5, 0.6) is 0 Å². The van der Waals surface area contributed by atoms with E-state index in [2.05, 4.69) is 72.3 Å². The molecule has 0 fully saturated rings. The van der Waals surface area contributed by atoms with Gasteiger partial charge in [-0.05, 0) is 52.5 Å². The van der Waals surface area contributed by atoms with Crippen LogP contribution >= 0.6 is 0 Å². The highest BCUT2D eigenvalue weighted by atomic mass is 14.8. The summed E-state index contributed by atoms with van der Waals surface area (Å²) in [6, 6.07) is 10.9. The van der Waals surface area contributed by atoms with Gasteiger partial charge in [-0.3, -0.25) is 4.98 Å². The summed E-state index contributed by atoms with van der Waals surface area (Å²) in [7, 11) is 0. The zero-order valence-corrected chi connectivity index (χ0v) is 15.0. The molecule has 0 unspecified atom stereocenters. The highest BCUT2D eigenvalue weighted by molar-refractivity contribution is 5.85. The smallest absolute Gasteiger partial charge is 0.137 e. The Kier molecular flexibility index (Phi) is 4.00. The van der Waals surface area contributed by atoms with Gasteiger partial charge in [0, 0.05) is 35.6 Å². The first-order valence-electron chi connectivity index (χ1n) is 8.92. The molecule has 1 atom stereocenters. The van der Waals surface area contributed by atoms with Crippen LogP contribution in [0.3, 0.4) is 0 Å². The third-order valence-corrected chi connectivity index (χ3v) is 5.08. The van der Waals surface area contributed by atoms with Gasteiger partial charge in [0.05, 0.1) is 0 Å². The Labute approximate surface area is 148 Å². The molecule has 0 bridgehead atoms. The molecule has 0 saturated carbocycles. The molecule has 3 heterocycles. The lowest BCUT2D eigenvalue weighted by Gasteiger charge is -2.14. The number of H-pyrrole nitrogens is 1. The minimum Gasteiger partial charge on any atom is -0.346 e. The molecule has 3 heteroatoms. The molecule has 25 heavy (non-hydrogen) atoms. The maximum Gasteiger partial charge on any atom is 0.137 e. The molecule has 0 saturated heterocycles. The second-order valence-corrected chi connectivity index (χ2v) is 7.18. The summed E-state index contributed by atoms with van der Waals surface area (Å²) in [6.07, 6.45) is 8.91. The first-order chi connectivity index (χ1) is 12.1. The van der Waals surface area contributed by atoms with Gasteiger partial charge in [0.1, 0.15) is 5.65 Å². The SMILES string of the molecule is CC(C)c1cnc2[nH]cc(C[C@@H](C)c3cccc4cnccc34)c2c1. The Bertz CT molecular complexity index is 1020. The summed E-state index contributed by atoms with van der Waals surface area (Å²) in [4.78, 5) is 12.2. The molecule has 3 aromatic heterocycles. The first-order valence-corrected chi connectivity index (χ1v) is 8.92. The normalized spacial score (nSPS) is 13.0. The van der Waals surface area contributed by atoms with E-state index in [1.54, 1.807) is 0 Å². The number of hydrogen-bond acceptors (Lipinski definition) is 2. The Morgan fingerprint density at radius 1 is 1.04 bits per heavy atom. The van der Waals surface area contributed by atoms with Crippen LogP contribution in [0.1, 0.15) is 49.3 Å². The molecule has 1 N–H and O–H groups in total. The minimum atomic E-state index is 0.424. The largest absolute Gasteiger partial charge is 0.346 e. The highest BCUT2D eigenvalue weighted by Gasteiger charge is 2.14. The highest BCUT2D eigenvalue weighted by Crippen LogP contribution is 2.30.